The van der Waals surface area contributed by atoms with Crippen LogP contribution in [0.5, 0.6) is 0 Å². The molecule has 0 radical (unpaired) electrons. The molecule has 29 heavy (non-hydrogen) atoms. The summed E-state index contributed by atoms with van der Waals surface area (Å²) < 4.78 is 11.3. The number of hydrogen-bond donors (Lipinski definition) is 0. The third-order valence-corrected chi connectivity index (χ3v) is 5.01. The molecule has 0 bridgehead atoms. The zero-order chi connectivity index (χ0) is 20.9. The van der Waals surface area contributed by atoms with Crippen molar-refractivity contribution in [1.29, 1.82) is 0 Å². The lowest BCUT2D eigenvalue weighted by Crippen LogP contribution is -2.41. The first-order valence-corrected chi connectivity index (χ1v) is 10.3. The predicted octanol–water partition coefficient (Wildman–Crippen LogP) is 3.74. The molecule has 7 nitrogen and oxygen atoms in total. The molecule has 7 heteroatoms. The highest BCUT2D eigenvalue weighted by Crippen LogP contribution is 2.21. The molecule has 0 N–H and O–H groups in total. The Morgan fingerprint density at radius 1 is 1.17 bits per heavy atom. The molecule has 2 heterocycles. The lowest BCUT2D eigenvalue weighted by Gasteiger charge is -2.33. The van der Waals surface area contributed by atoms with E-state index in [4.69, 9.17) is 9.15 Å². The predicted molar refractivity (Wildman–Crippen MR) is 110 cm³/mol. The second-order valence-corrected chi connectivity index (χ2v) is 8.83. The van der Waals surface area contributed by atoms with Crippen molar-refractivity contribution < 1.29 is 13.9 Å². The van der Waals surface area contributed by atoms with Crippen LogP contribution in [-0.2, 0) is 17.7 Å². The molecule has 0 saturated carbocycles. The molecule has 0 unspecified atom stereocenters. The van der Waals surface area contributed by atoms with Crippen molar-refractivity contribution in [3.8, 4) is 0 Å². The summed E-state index contributed by atoms with van der Waals surface area (Å²) in [6.07, 6.45) is 2.49. The van der Waals surface area contributed by atoms with Gasteiger partial charge in [-0.25, -0.2) is 4.79 Å². The lowest BCUT2D eigenvalue weighted by atomic mass is 9.96. The van der Waals surface area contributed by atoms with Crippen molar-refractivity contribution in [3.63, 3.8) is 0 Å². The Kier molecular flexibility index (Phi) is 6.90. The molecule has 1 amide bonds. The molecule has 0 atom stereocenters. The van der Waals surface area contributed by atoms with Gasteiger partial charge in [0.15, 0.2) is 0 Å². The third kappa shape index (κ3) is 6.85. The fourth-order valence-corrected chi connectivity index (χ4v) is 3.51. The van der Waals surface area contributed by atoms with E-state index in [1.165, 1.54) is 0 Å². The normalized spacial score (nSPS) is 16.0. The number of carbonyl (C=O) groups is 1. The maximum atomic E-state index is 12.1. The van der Waals surface area contributed by atoms with Crippen molar-refractivity contribution in [2.45, 2.75) is 52.2 Å². The van der Waals surface area contributed by atoms with E-state index < -0.39 is 5.60 Å². The number of nitrogens with zero attached hydrogens (tertiary/aromatic N) is 4. The number of aromatic nitrogens is 2. The quantitative estimate of drug-likeness (QED) is 0.736. The standard InChI is InChI=1S/C22H32N4O3/c1-22(2,3)29-21(27)25(4)15-18-10-12-26(13-11-18)16-20-24-23-19(28-20)14-17-8-6-5-7-9-17/h5-9,18H,10-16H2,1-4H3. The van der Waals surface area contributed by atoms with E-state index in [1.54, 1.807) is 4.90 Å². The highest BCUT2D eigenvalue weighted by atomic mass is 16.6. The number of benzene rings is 1. The van der Waals surface area contributed by atoms with Gasteiger partial charge in [0, 0.05) is 13.6 Å². The number of carbonyl (C=O) groups excluding carboxylic acids is 1. The summed E-state index contributed by atoms with van der Waals surface area (Å²) in [5, 5.41) is 8.38. The Bertz CT molecular complexity index is 777. The maximum absolute atomic E-state index is 12.1. The number of likely N-dealkylation sites (tertiary alicyclic amines) is 1. The van der Waals surface area contributed by atoms with E-state index in [0.29, 0.717) is 30.7 Å². The summed E-state index contributed by atoms with van der Waals surface area (Å²) >= 11 is 0. The highest BCUT2D eigenvalue weighted by Gasteiger charge is 2.25. The number of rotatable bonds is 6. The van der Waals surface area contributed by atoms with Gasteiger partial charge in [-0.3, -0.25) is 4.90 Å². The Hall–Kier alpha value is -2.41. The third-order valence-electron chi connectivity index (χ3n) is 5.01. The smallest absolute Gasteiger partial charge is 0.410 e. The molecular formula is C22H32N4O3. The van der Waals surface area contributed by atoms with Gasteiger partial charge in [0.25, 0.3) is 0 Å². The van der Waals surface area contributed by atoms with E-state index in [1.807, 2.05) is 46.0 Å². The van der Waals surface area contributed by atoms with Gasteiger partial charge in [-0.15, -0.1) is 10.2 Å². The molecule has 1 aromatic heterocycles. The molecule has 0 spiro atoms. The number of amides is 1. The Labute approximate surface area is 173 Å². The minimum atomic E-state index is -0.460. The maximum Gasteiger partial charge on any atom is 0.410 e. The minimum Gasteiger partial charge on any atom is -0.444 e. The van der Waals surface area contributed by atoms with E-state index in [0.717, 1.165) is 38.0 Å². The first-order chi connectivity index (χ1) is 13.8. The average Bonchev–Trinajstić information content (AvgIpc) is 3.09. The molecular weight excluding hydrogens is 368 g/mol. The van der Waals surface area contributed by atoms with Gasteiger partial charge in [-0.2, -0.15) is 0 Å². The zero-order valence-electron chi connectivity index (χ0n) is 17.9. The van der Waals surface area contributed by atoms with E-state index in [9.17, 15) is 4.79 Å². The van der Waals surface area contributed by atoms with Crippen molar-refractivity contribution in [2.24, 2.45) is 5.92 Å². The second-order valence-electron chi connectivity index (χ2n) is 8.83. The van der Waals surface area contributed by atoms with Crippen LogP contribution in [0, 0.1) is 5.92 Å². The van der Waals surface area contributed by atoms with Gasteiger partial charge in [0.05, 0.1) is 13.0 Å². The Morgan fingerprint density at radius 3 is 2.48 bits per heavy atom. The van der Waals surface area contributed by atoms with E-state index >= 15 is 0 Å². The van der Waals surface area contributed by atoms with Gasteiger partial charge in [-0.05, 0) is 58.2 Å². The number of ether oxygens (including phenoxy) is 1. The molecule has 1 aliphatic rings. The lowest BCUT2D eigenvalue weighted by molar-refractivity contribution is 0.0247. The van der Waals surface area contributed by atoms with Crippen LogP contribution in [0.3, 0.4) is 0 Å². The number of hydrogen-bond acceptors (Lipinski definition) is 6. The summed E-state index contributed by atoms with van der Waals surface area (Å²) in [6.45, 7) is 8.99. The Morgan fingerprint density at radius 2 is 1.83 bits per heavy atom. The van der Waals surface area contributed by atoms with Crippen LogP contribution >= 0.6 is 0 Å². The first kappa shape index (κ1) is 21.3. The summed E-state index contributed by atoms with van der Waals surface area (Å²) in [5.41, 5.74) is 0.704. The van der Waals surface area contributed by atoms with Crippen LogP contribution in [0.4, 0.5) is 4.79 Å². The molecule has 0 aliphatic carbocycles. The molecule has 1 aromatic carbocycles. The van der Waals surface area contributed by atoms with Crippen LogP contribution in [0.1, 0.15) is 51.0 Å². The summed E-state index contributed by atoms with van der Waals surface area (Å²) in [7, 11) is 1.81. The largest absolute Gasteiger partial charge is 0.444 e. The summed E-state index contributed by atoms with van der Waals surface area (Å²) in [6, 6.07) is 10.1. The van der Waals surface area contributed by atoms with Gasteiger partial charge in [0.1, 0.15) is 5.60 Å². The molecule has 1 fully saturated rings. The summed E-state index contributed by atoms with van der Waals surface area (Å²) in [5.74, 6) is 1.81. The zero-order valence-corrected chi connectivity index (χ0v) is 17.9. The SMILES string of the molecule is CN(CC1CCN(Cc2nnc(Cc3ccccc3)o2)CC1)C(=O)OC(C)(C)C. The van der Waals surface area contributed by atoms with Crippen LogP contribution in [0.15, 0.2) is 34.7 Å². The monoisotopic (exact) mass is 400 g/mol. The van der Waals surface area contributed by atoms with Crippen LogP contribution in [0.2, 0.25) is 0 Å². The van der Waals surface area contributed by atoms with Crippen LogP contribution in [-0.4, -0.2) is 58.4 Å². The van der Waals surface area contributed by atoms with E-state index in [-0.39, 0.29) is 6.09 Å². The Balaban J connectivity index is 1.41. The van der Waals surface area contributed by atoms with Crippen molar-refractivity contribution in [2.75, 3.05) is 26.7 Å². The first-order valence-electron chi connectivity index (χ1n) is 10.3. The fourth-order valence-electron chi connectivity index (χ4n) is 3.51. The highest BCUT2D eigenvalue weighted by molar-refractivity contribution is 5.67. The van der Waals surface area contributed by atoms with Gasteiger partial charge in [0.2, 0.25) is 11.8 Å². The second kappa shape index (κ2) is 9.39. The molecule has 158 valence electrons. The average molecular weight is 401 g/mol. The minimum absolute atomic E-state index is 0.253. The van der Waals surface area contributed by atoms with Crippen LogP contribution in [0.25, 0.3) is 0 Å². The summed E-state index contributed by atoms with van der Waals surface area (Å²) in [4.78, 5) is 16.2. The van der Waals surface area contributed by atoms with Crippen molar-refractivity contribution >= 4 is 6.09 Å². The molecule has 1 saturated heterocycles. The van der Waals surface area contributed by atoms with Gasteiger partial charge >= 0.3 is 6.09 Å². The molecule has 1 aliphatic heterocycles. The van der Waals surface area contributed by atoms with Crippen LogP contribution < -0.4 is 0 Å². The topological polar surface area (TPSA) is 71.7 Å². The van der Waals surface area contributed by atoms with Gasteiger partial charge < -0.3 is 14.1 Å². The van der Waals surface area contributed by atoms with Gasteiger partial charge in [-0.1, -0.05) is 30.3 Å². The molecule has 3 rings (SSSR count). The molecule has 2 aromatic rings. The fraction of sp³-hybridized carbons (Fsp3) is 0.591. The number of piperidine rings is 1. The van der Waals surface area contributed by atoms with Crippen molar-refractivity contribution in [3.05, 3.63) is 47.7 Å². The van der Waals surface area contributed by atoms with Crippen molar-refractivity contribution in [1.82, 2.24) is 20.0 Å². The van der Waals surface area contributed by atoms with E-state index in [2.05, 4.69) is 27.2 Å².